The van der Waals surface area contributed by atoms with E-state index in [-0.39, 0.29) is 0 Å². The van der Waals surface area contributed by atoms with Gasteiger partial charge in [-0.05, 0) is 56.4 Å². The molecular formula is C23H36N6OS. The van der Waals surface area contributed by atoms with Crippen LogP contribution in [0.15, 0.2) is 22.5 Å². The number of aromatic nitrogens is 3. The fourth-order valence-corrected chi connectivity index (χ4v) is 5.15. The van der Waals surface area contributed by atoms with Crippen LogP contribution < -0.4 is 5.32 Å². The summed E-state index contributed by atoms with van der Waals surface area (Å²) in [4.78, 5) is 8.70. The highest BCUT2D eigenvalue weighted by atomic mass is 32.1. The summed E-state index contributed by atoms with van der Waals surface area (Å²) in [6.45, 7) is 6.31. The van der Waals surface area contributed by atoms with Crippen molar-refractivity contribution in [3.8, 4) is 0 Å². The summed E-state index contributed by atoms with van der Waals surface area (Å²) >= 11 is 1.81. The first kappa shape index (κ1) is 22.3. The minimum absolute atomic E-state index is 0.394. The number of aliphatic imine (C=N–C) groups is 1. The van der Waals surface area contributed by atoms with E-state index in [4.69, 9.17) is 9.73 Å². The largest absolute Gasteiger partial charge is 0.378 e. The van der Waals surface area contributed by atoms with Crippen molar-refractivity contribution < 1.29 is 4.74 Å². The number of thiophene rings is 1. The smallest absolute Gasteiger partial charge is 0.194 e. The van der Waals surface area contributed by atoms with Crippen LogP contribution in [-0.4, -0.2) is 58.0 Å². The van der Waals surface area contributed by atoms with Gasteiger partial charge in [0.1, 0.15) is 12.4 Å². The standard InChI is InChI=1S/C23H36N6OS/c1-18-26-27-22(28(18)2)16-25-23(24-12-9-21-8-5-15-31-21)29-13-10-20(11-14-29)30-17-19-6-3-4-7-19/h5,8,15,19-20H,3-4,6-7,9-14,16-17H2,1-2H3,(H,24,25). The molecule has 31 heavy (non-hydrogen) atoms. The van der Waals surface area contributed by atoms with E-state index < -0.39 is 0 Å². The molecule has 0 amide bonds. The van der Waals surface area contributed by atoms with E-state index in [9.17, 15) is 0 Å². The molecule has 0 radical (unpaired) electrons. The van der Waals surface area contributed by atoms with Crippen LogP contribution in [0.2, 0.25) is 0 Å². The van der Waals surface area contributed by atoms with Crippen molar-refractivity contribution in [1.29, 1.82) is 0 Å². The van der Waals surface area contributed by atoms with Gasteiger partial charge < -0.3 is 19.5 Å². The van der Waals surface area contributed by atoms with Crippen LogP contribution in [0.3, 0.4) is 0 Å². The maximum Gasteiger partial charge on any atom is 0.194 e. The van der Waals surface area contributed by atoms with Crippen molar-refractivity contribution >= 4 is 17.3 Å². The molecule has 1 saturated carbocycles. The van der Waals surface area contributed by atoms with Gasteiger partial charge >= 0.3 is 0 Å². The van der Waals surface area contributed by atoms with Crippen LogP contribution in [0.1, 0.15) is 55.1 Å². The van der Waals surface area contributed by atoms with Crippen molar-refractivity contribution in [1.82, 2.24) is 25.0 Å². The van der Waals surface area contributed by atoms with Crippen LogP contribution in [0.4, 0.5) is 0 Å². The topological polar surface area (TPSA) is 67.6 Å². The highest BCUT2D eigenvalue weighted by molar-refractivity contribution is 7.09. The number of ether oxygens (including phenoxy) is 1. The zero-order chi connectivity index (χ0) is 21.5. The lowest BCUT2D eigenvalue weighted by Gasteiger charge is -2.34. The molecule has 1 N–H and O–H groups in total. The third-order valence-electron chi connectivity index (χ3n) is 6.57. The molecule has 0 atom stereocenters. The second-order valence-electron chi connectivity index (χ2n) is 8.79. The second kappa shape index (κ2) is 11.1. The Morgan fingerprint density at radius 3 is 2.71 bits per heavy atom. The first-order valence-corrected chi connectivity index (χ1v) is 12.6. The average Bonchev–Trinajstić information content (AvgIpc) is 3.55. The van der Waals surface area contributed by atoms with E-state index >= 15 is 0 Å². The van der Waals surface area contributed by atoms with E-state index in [0.717, 1.165) is 69.0 Å². The average molecular weight is 445 g/mol. The first-order valence-electron chi connectivity index (χ1n) is 11.7. The molecule has 2 fully saturated rings. The number of nitrogens with one attached hydrogen (secondary N) is 1. The normalized spacial score (nSPS) is 18.8. The van der Waals surface area contributed by atoms with E-state index in [1.807, 2.05) is 29.9 Å². The quantitative estimate of drug-likeness (QED) is 0.498. The zero-order valence-electron chi connectivity index (χ0n) is 18.9. The molecule has 0 unspecified atom stereocenters. The monoisotopic (exact) mass is 444 g/mol. The van der Waals surface area contributed by atoms with Gasteiger partial charge in [-0.1, -0.05) is 18.9 Å². The molecule has 0 aromatic carbocycles. The Bertz CT molecular complexity index is 819. The minimum Gasteiger partial charge on any atom is -0.378 e. The second-order valence-corrected chi connectivity index (χ2v) is 9.82. The highest BCUT2D eigenvalue weighted by Gasteiger charge is 2.24. The van der Waals surface area contributed by atoms with Crippen LogP contribution in [0, 0.1) is 12.8 Å². The predicted molar refractivity (Wildman–Crippen MR) is 125 cm³/mol. The Labute approximate surface area is 189 Å². The molecule has 0 spiro atoms. The van der Waals surface area contributed by atoms with E-state index in [1.54, 1.807) is 0 Å². The van der Waals surface area contributed by atoms with Gasteiger partial charge in [-0.2, -0.15) is 0 Å². The van der Waals surface area contributed by atoms with Crippen molar-refractivity contribution in [2.24, 2.45) is 18.0 Å². The summed E-state index contributed by atoms with van der Waals surface area (Å²) in [6.07, 6.45) is 9.02. The number of hydrogen-bond donors (Lipinski definition) is 1. The Balaban J connectivity index is 1.31. The SMILES string of the molecule is Cc1nnc(CN=C(NCCc2cccs2)N2CCC(OCC3CCCC3)CC2)n1C. The van der Waals surface area contributed by atoms with Crippen LogP contribution in [0.5, 0.6) is 0 Å². The fraction of sp³-hybridized carbons (Fsp3) is 0.696. The van der Waals surface area contributed by atoms with E-state index in [0.29, 0.717) is 12.6 Å². The summed E-state index contributed by atoms with van der Waals surface area (Å²) in [7, 11) is 2.00. The molecule has 4 rings (SSSR count). The predicted octanol–water partition coefficient (Wildman–Crippen LogP) is 3.54. The van der Waals surface area contributed by atoms with Crippen molar-refractivity contribution in [3.05, 3.63) is 34.0 Å². The molecule has 2 aromatic rings. The molecule has 2 aromatic heterocycles. The number of likely N-dealkylation sites (tertiary alicyclic amines) is 1. The number of nitrogens with zero attached hydrogens (tertiary/aromatic N) is 5. The Morgan fingerprint density at radius 1 is 1.23 bits per heavy atom. The maximum atomic E-state index is 6.27. The van der Waals surface area contributed by atoms with Crippen molar-refractivity contribution in [3.63, 3.8) is 0 Å². The Morgan fingerprint density at radius 2 is 2.03 bits per heavy atom. The number of aryl methyl sites for hydroxylation is 1. The third-order valence-corrected chi connectivity index (χ3v) is 7.51. The summed E-state index contributed by atoms with van der Waals surface area (Å²) < 4.78 is 8.28. The first-order chi connectivity index (χ1) is 15.2. The molecule has 8 heteroatoms. The van der Waals surface area contributed by atoms with Crippen LogP contribution in [-0.2, 0) is 24.8 Å². The minimum atomic E-state index is 0.394. The van der Waals surface area contributed by atoms with E-state index in [2.05, 4.69) is 37.9 Å². The summed E-state index contributed by atoms with van der Waals surface area (Å²) in [5, 5.41) is 14.2. The van der Waals surface area contributed by atoms with Gasteiger partial charge in [-0.3, -0.25) is 0 Å². The third kappa shape index (κ3) is 6.29. The lowest BCUT2D eigenvalue weighted by atomic mass is 10.1. The Kier molecular flexibility index (Phi) is 7.97. The number of rotatable bonds is 8. The molecule has 7 nitrogen and oxygen atoms in total. The molecule has 1 aliphatic carbocycles. The summed E-state index contributed by atoms with van der Waals surface area (Å²) in [5.41, 5.74) is 0. The maximum absolute atomic E-state index is 6.27. The molecule has 0 bridgehead atoms. The Hall–Kier alpha value is -1.93. The lowest BCUT2D eigenvalue weighted by molar-refractivity contribution is 0.001000. The van der Waals surface area contributed by atoms with Gasteiger partial charge in [0.25, 0.3) is 0 Å². The molecule has 1 aliphatic heterocycles. The van der Waals surface area contributed by atoms with Gasteiger partial charge in [-0.25, -0.2) is 4.99 Å². The number of guanidine groups is 1. The van der Waals surface area contributed by atoms with Gasteiger partial charge in [-0.15, -0.1) is 21.5 Å². The molecule has 1 saturated heterocycles. The lowest BCUT2D eigenvalue weighted by Crippen LogP contribution is -2.47. The van der Waals surface area contributed by atoms with Crippen molar-refractivity contribution in [2.75, 3.05) is 26.2 Å². The number of piperidine rings is 1. The zero-order valence-corrected chi connectivity index (χ0v) is 19.7. The van der Waals surface area contributed by atoms with Gasteiger partial charge in [0.15, 0.2) is 11.8 Å². The molecule has 2 aliphatic rings. The molecular weight excluding hydrogens is 408 g/mol. The number of hydrogen-bond acceptors (Lipinski definition) is 5. The van der Waals surface area contributed by atoms with Gasteiger partial charge in [0.2, 0.25) is 0 Å². The summed E-state index contributed by atoms with van der Waals surface area (Å²) in [6, 6.07) is 4.31. The fourth-order valence-electron chi connectivity index (χ4n) is 4.44. The van der Waals surface area contributed by atoms with Gasteiger partial charge in [0.05, 0.1) is 6.10 Å². The van der Waals surface area contributed by atoms with Crippen LogP contribution in [0.25, 0.3) is 0 Å². The van der Waals surface area contributed by atoms with Gasteiger partial charge in [0, 0.05) is 38.2 Å². The van der Waals surface area contributed by atoms with Crippen LogP contribution >= 0.6 is 11.3 Å². The highest BCUT2D eigenvalue weighted by Crippen LogP contribution is 2.26. The van der Waals surface area contributed by atoms with Crippen molar-refractivity contribution in [2.45, 2.75) is 64.5 Å². The molecule has 170 valence electrons. The van der Waals surface area contributed by atoms with E-state index in [1.165, 1.54) is 30.6 Å². The summed E-state index contributed by atoms with van der Waals surface area (Å²) in [5.74, 6) is 3.58. The molecule has 3 heterocycles.